The van der Waals surface area contributed by atoms with E-state index in [1.54, 1.807) is 24.3 Å². The fraction of sp³-hybridized carbons (Fsp3) is 0.391. The maximum absolute atomic E-state index is 12.9. The van der Waals surface area contributed by atoms with Crippen LogP contribution in [-0.4, -0.2) is 64.5 Å². The van der Waals surface area contributed by atoms with Gasteiger partial charge < -0.3 is 29.3 Å². The highest BCUT2D eigenvalue weighted by atomic mass is 16.5. The first kappa shape index (κ1) is 21.1. The van der Waals surface area contributed by atoms with Gasteiger partial charge in [-0.15, -0.1) is 0 Å². The fourth-order valence-electron chi connectivity index (χ4n) is 3.74. The normalized spacial score (nSPS) is 16.7. The first-order chi connectivity index (χ1) is 15.1. The molecular formula is C23H27N3O5. The summed E-state index contributed by atoms with van der Waals surface area (Å²) in [6.45, 7) is 7.34. The van der Waals surface area contributed by atoms with E-state index in [9.17, 15) is 9.59 Å². The predicted molar refractivity (Wildman–Crippen MR) is 118 cm³/mol. The van der Waals surface area contributed by atoms with E-state index in [0.717, 1.165) is 43.2 Å². The van der Waals surface area contributed by atoms with Crippen LogP contribution in [0, 0.1) is 0 Å². The standard InChI is InChI=1S/C23H27N3O5/c1-17(27)31-20-5-2-18(3-6-20)23(28)24-21-7-4-19(25-8-12-29-13-9-25)16-22(21)26-10-14-30-15-11-26/h2-7,16H,8-15H2,1H3,(H,24,28). The van der Waals surface area contributed by atoms with E-state index in [1.165, 1.54) is 6.92 Å². The minimum atomic E-state index is -0.396. The molecule has 164 valence electrons. The Balaban J connectivity index is 1.55. The Morgan fingerprint density at radius 2 is 1.48 bits per heavy atom. The second kappa shape index (κ2) is 9.80. The number of nitrogens with one attached hydrogen (secondary N) is 1. The molecule has 8 heteroatoms. The molecule has 4 rings (SSSR count). The number of carbonyl (C=O) groups excluding carboxylic acids is 2. The van der Waals surface area contributed by atoms with Crippen molar-refractivity contribution >= 4 is 28.9 Å². The van der Waals surface area contributed by atoms with Gasteiger partial charge in [0.15, 0.2) is 0 Å². The molecule has 2 fully saturated rings. The van der Waals surface area contributed by atoms with Crippen LogP contribution in [-0.2, 0) is 14.3 Å². The van der Waals surface area contributed by atoms with Crippen LogP contribution in [0.4, 0.5) is 17.1 Å². The lowest BCUT2D eigenvalue weighted by Gasteiger charge is -2.33. The Labute approximate surface area is 181 Å². The number of morpholine rings is 2. The van der Waals surface area contributed by atoms with Gasteiger partial charge in [0, 0.05) is 44.4 Å². The average Bonchev–Trinajstić information content (AvgIpc) is 2.80. The molecule has 0 saturated carbocycles. The van der Waals surface area contributed by atoms with Gasteiger partial charge in [-0.3, -0.25) is 9.59 Å². The summed E-state index contributed by atoms with van der Waals surface area (Å²) in [6, 6.07) is 12.6. The van der Waals surface area contributed by atoms with E-state index in [4.69, 9.17) is 14.2 Å². The SMILES string of the molecule is CC(=O)Oc1ccc(C(=O)Nc2ccc(N3CCOCC3)cc2N2CCOCC2)cc1. The van der Waals surface area contributed by atoms with E-state index >= 15 is 0 Å². The van der Waals surface area contributed by atoms with Crippen molar-refractivity contribution in [2.45, 2.75) is 6.92 Å². The third-order valence-electron chi connectivity index (χ3n) is 5.34. The first-order valence-electron chi connectivity index (χ1n) is 10.5. The van der Waals surface area contributed by atoms with Crippen molar-refractivity contribution in [2.75, 3.05) is 67.7 Å². The van der Waals surface area contributed by atoms with E-state index in [-0.39, 0.29) is 5.91 Å². The number of esters is 1. The van der Waals surface area contributed by atoms with Gasteiger partial charge in [0.2, 0.25) is 0 Å². The van der Waals surface area contributed by atoms with Crippen molar-refractivity contribution in [1.82, 2.24) is 0 Å². The maximum Gasteiger partial charge on any atom is 0.308 e. The zero-order valence-corrected chi connectivity index (χ0v) is 17.6. The van der Waals surface area contributed by atoms with Crippen molar-refractivity contribution in [3.63, 3.8) is 0 Å². The molecule has 0 aliphatic carbocycles. The second-order valence-electron chi connectivity index (χ2n) is 7.47. The van der Waals surface area contributed by atoms with Crippen LogP contribution in [0.5, 0.6) is 5.75 Å². The number of carbonyl (C=O) groups is 2. The van der Waals surface area contributed by atoms with Gasteiger partial charge in [-0.2, -0.15) is 0 Å². The van der Waals surface area contributed by atoms with E-state index < -0.39 is 5.97 Å². The number of ether oxygens (including phenoxy) is 3. The Bertz CT molecular complexity index is 919. The van der Waals surface area contributed by atoms with Gasteiger partial charge in [-0.05, 0) is 42.5 Å². The van der Waals surface area contributed by atoms with Crippen LogP contribution in [0.25, 0.3) is 0 Å². The van der Waals surface area contributed by atoms with Crippen molar-refractivity contribution in [3.05, 3.63) is 48.0 Å². The number of hydrogen-bond donors (Lipinski definition) is 1. The predicted octanol–water partition coefficient (Wildman–Crippen LogP) is 2.54. The Morgan fingerprint density at radius 3 is 2.10 bits per heavy atom. The molecule has 2 aromatic carbocycles. The molecule has 31 heavy (non-hydrogen) atoms. The number of amides is 1. The molecular weight excluding hydrogens is 398 g/mol. The minimum absolute atomic E-state index is 0.219. The Kier molecular flexibility index (Phi) is 6.69. The summed E-state index contributed by atoms with van der Waals surface area (Å²) in [4.78, 5) is 28.5. The highest BCUT2D eigenvalue weighted by Crippen LogP contribution is 2.32. The number of anilines is 3. The molecule has 0 atom stereocenters. The zero-order chi connectivity index (χ0) is 21.6. The van der Waals surface area contributed by atoms with Gasteiger partial charge in [0.05, 0.1) is 37.8 Å². The molecule has 8 nitrogen and oxygen atoms in total. The lowest BCUT2D eigenvalue weighted by atomic mass is 10.1. The van der Waals surface area contributed by atoms with Crippen LogP contribution in [0.1, 0.15) is 17.3 Å². The maximum atomic E-state index is 12.9. The third-order valence-corrected chi connectivity index (χ3v) is 5.34. The topological polar surface area (TPSA) is 80.3 Å². The molecule has 2 aliphatic heterocycles. The van der Waals surface area contributed by atoms with E-state index in [1.807, 2.05) is 12.1 Å². The van der Waals surface area contributed by atoms with Crippen molar-refractivity contribution in [3.8, 4) is 5.75 Å². The molecule has 0 spiro atoms. The molecule has 1 amide bonds. The fourth-order valence-corrected chi connectivity index (χ4v) is 3.74. The average molecular weight is 425 g/mol. The van der Waals surface area contributed by atoms with Crippen molar-refractivity contribution in [2.24, 2.45) is 0 Å². The summed E-state index contributed by atoms with van der Waals surface area (Å²) in [6.07, 6.45) is 0. The van der Waals surface area contributed by atoms with Crippen LogP contribution >= 0.6 is 0 Å². The lowest BCUT2D eigenvalue weighted by Crippen LogP contribution is -2.38. The van der Waals surface area contributed by atoms with Gasteiger partial charge in [-0.1, -0.05) is 0 Å². The molecule has 1 N–H and O–H groups in total. The van der Waals surface area contributed by atoms with Gasteiger partial charge in [0.25, 0.3) is 5.91 Å². The number of nitrogens with zero attached hydrogens (tertiary/aromatic N) is 2. The minimum Gasteiger partial charge on any atom is -0.427 e. The van der Waals surface area contributed by atoms with Crippen LogP contribution in [0.3, 0.4) is 0 Å². The molecule has 0 radical (unpaired) electrons. The van der Waals surface area contributed by atoms with Crippen LogP contribution < -0.4 is 19.9 Å². The third kappa shape index (κ3) is 5.34. The molecule has 0 aromatic heterocycles. The molecule has 2 heterocycles. The van der Waals surface area contributed by atoms with E-state index in [0.29, 0.717) is 37.7 Å². The summed E-state index contributed by atoms with van der Waals surface area (Å²) in [5.74, 6) is -0.205. The molecule has 2 saturated heterocycles. The highest BCUT2D eigenvalue weighted by Gasteiger charge is 2.20. The van der Waals surface area contributed by atoms with Crippen molar-refractivity contribution in [1.29, 1.82) is 0 Å². The lowest BCUT2D eigenvalue weighted by molar-refractivity contribution is -0.131. The number of rotatable bonds is 5. The monoisotopic (exact) mass is 425 g/mol. The quantitative estimate of drug-likeness (QED) is 0.582. The number of hydrogen-bond acceptors (Lipinski definition) is 7. The summed E-state index contributed by atoms with van der Waals surface area (Å²) in [5, 5.41) is 3.04. The molecule has 0 unspecified atom stereocenters. The molecule has 2 aliphatic rings. The second-order valence-corrected chi connectivity index (χ2v) is 7.47. The Morgan fingerprint density at radius 1 is 0.871 bits per heavy atom. The van der Waals surface area contributed by atoms with Gasteiger partial charge in [0.1, 0.15) is 5.75 Å². The first-order valence-corrected chi connectivity index (χ1v) is 10.5. The van der Waals surface area contributed by atoms with Crippen LogP contribution in [0.2, 0.25) is 0 Å². The largest absolute Gasteiger partial charge is 0.427 e. The summed E-state index contributed by atoms with van der Waals surface area (Å²) >= 11 is 0. The molecule has 2 aromatic rings. The van der Waals surface area contributed by atoms with Gasteiger partial charge in [-0.25, -0.2) is 0 Å². The summed E-state index contributed by atoms with van der Waals surface area (Å²) in [7, 11) is 0. The number of benzene rings is 2. The molecule has 0 bridgehead atoms. The summed E-state index contributed by atoms with van der Waals surface area (Å²) < 4.78 is 16.0. The zero-order valence-electron chi connectivity index (χ0n) is 17.6. The van der Waals surface area contributed by atoms with Crippen LogP contribution in [0.15, 0.2) is 42.5 Å². The smallest absolute Gasteiger partial charge is 0.308 e. The highest BCUT2D eigenvalue weighted by molar-refractivity contribution is 6.06. The van der Waals surface area contributed by atoms with Crippen molar-refractivity contribution < 1.29 is 23.8 Å². The van der Waals surface area contributed by atoms with E-state index in [2.05, 4.69) is 21.2 Å². The Hall–Kier alpha value is -3.10. The van der Waals surface area contributed by atoms with Gasteiger partial charge >= 0.3 is 5.97 Å². The summed E-state index contributed by atoms with van der Waals surface area (Å²) in [5.41, 5.74) is 3.35.